The van der Waals surface area contributed by atoms with Gasteiger partial charge >= 0.3 is 5.97 Å². The van der Waals surface area contributed by atoms with Gasteiger partial charge < -0.3 is 14.7 Å². The SMILES string of the molecule is CCCCCCCCCCCCCCCCC(=O)C(O)(CC(=O)O)C[N+](C)(C)C. The van der Waals surface area contributed by atoms with Crippen molar-refractivity contribution in [2.75, 3.05) is 27.7 Å². The van der Waals surface area contributed by atoms with Gasteiger partial charge in [0.1, 0.15) is 6.54 Å². The van der Waals surface area contributed by atoms with Crippen LogP contribution in [0, 0.1) is 0 Å². The third-order valence-corrected chi connectivity index (χ3v) is 5.46. The monoisotopic (exact) mass is 414 g/mol. The maximum Gasteiger partial charge on any atom is 0.306 e. The number of rotatable bonds is 20. The van der Waals surface area contributed by atoms with E-state index in [1.54, 1.807) is 0 Å². The Balaban J connectivity index is 3.79. The molecular formula is C24H48NO4+. The molecule has 0 aliphatic carbocycles. The van der Waals surface area contributed by atoms with Crippen LogP contribution < -0.4 is 0 Å². The molecule has 0 spiro atoms. The molecule has 0 saturated heterocycles. The summed E-state index contributed by atoms with van der Waals surface area (Å²) < 4.78 is 0.355. The molecule has 0 radical (unpaired) electrons. The van der Waals surface area contributed by atoms with Crippen LogP contribution in [0.3, 0.4) is 0 Å². The van der Waals surface area contributed by atoms with Crippen molar-refractivity contribution < 1.29 is 24.3 Å². The second-order valence-electron chi connectivity index (χ2n) is 9.82. The van der Waals surface area contributed by atoms with Gasteiger partial charge in [-0.25, -0.2) is 0 Å². The summed E-state index contributed by atoms with van der Waals surface area (Å²) in [7, 11) is 5.56. The molecule has 2 N–H and O–H groups in total. The number of hydrogen-bond acceptors (Lipinski definition) is 3. The molecular weight excluding hydrogens is 366 g/mol. The number of quaternary nitrogens is 1. The van der Waals surface area contributed by atoms with Crippen molar-refractivity contribution in [3.8, 4) is 0 Å². The Morgan fingerprint density at radius 1 is 0.724 bits per heavy atom. The molecule has 0 aliphatic heterocycles. The number of hydrogen-bond donors (Lipinski definition) is 2. The van der Waals surface area contributed by atoms with E-state index in [9.17, 15) is 14.7 Å². The van der Waals surface area contributed by atoms with Gasteiger partial charge in [-0.3, -0.25) is 9.59 Å². The number of carbonyl (C=O) groups excluding carboxylic acids is 1. The number of Topliss-reactive ketones (excluding diaryl/α,β-unsaturated/α-hetero) is 1. The van der Waals surface area contributed by atoms with Crippen molar-refractivity contribution in [3.63, 3.8) is 0 Å². The van der Waals surface area contributed by atoms with Gasteiger partial charge in [0.2, 0.25) is 0 Å². The van der Waals surface area contributed by atoms with Crippen LogP contribution in [0.5, 0.6) is 0 Å². The summed E-state index contributed by atoms with van der Waals surface area (Å²) in [4.78, 5) is 23.6. The molecule has 5 heteroatoms. The van der Waals surface area contributed by atoms with Crippen molar-refractivity contribution in [2.45, 2.75) is 115 Å². The minimum absolute atomic E-state index is 0.122. The van der Waals surface area contributed by atoms with E-state index in [-0.39, 0.29) is 18.7 Å². The first kappa shape index (κ1) is 28.1. The molecule has 0 rings (SSSR count). The largest absolute Gasteiger partial charge is 0.481 e. The lowest BCUT2D eigenvalue weighted by atomic mass is 9.89. The summed E-state index contributed by atoms with van der Waals surface area (Å²) in [6.45, 7) is 2.38. The highest BCUT2D eigenvalue weighted by atomic mass is 16.4. The van der Waals surface area contributed by atoms with E-state index >= 15 is 0 Å². The first-order chi connectivity index (χ1) is 13.6. The lowest BCUT2D eigenvalue weighted by Crippen LogP contribution is -2.54. The maximum absolute atomic E-state index is 12.5. The molecule has 172 valence electrons. The van der Waals surface area contributed by atoms with Crippen molar-refractivity contribution in [1.29, 1.82) is 0 Å². The molecule has 0 aromatic rings. The average Bonchev–Trinajstić information content (AvgIpc) is 2.59. The van der Waals surface area contributed by atoms with Crippen LogP contribution in [-0.2, 0) is 9.59 Å². The van der Waals surface area contributed by atoms with Gasteiger partial charge in [0.05, 0.1) is 27.6 Å². The summed E-state index contributed by atoms with van der Waals surface area (Å²) in [5.74, 6) is -1.46. The highest BCUT2D eigenvalue weighted by molar-refractivity contribution is 5.90. The summed E-state index contributed by atoms with van der Waals surface area (Å²) in [6.07, 6.45) is 17.2. The molecule has 0 fully saturated rings. The summed E-state index contributed by atoms with van der Waals surface area (Å²) in [5, 5.41) is 19.7. The number of aliphatic carboxylic acids is 1. The van der Waals surface area contributed by atoms with Gasteiger partial charge in [-0.1, -0.05) is 90.4 Å². The van der Waals surface area contributed by atoms with Gasteiger partial charge in [-0.05, 0) is 6.42 Å². The summed E-state index contributed by atoms with van der Waals surface area (Å²) in [6, 6.07) is 0. The predicted octanol–water partition coefficient (Wildman–Crippen LogP) is 5.34. The van der Waals surface area contributed by atoms with Gasteiger partial charge in [-0.2, -0.15) is 0 Å². The average molecular weight is 415 g/mol. The van der Waals surface area contributed by atoms with Crippen molar-refractivity contribution in [3.05, 3.63) is 0 Å². The zero-order valence-electron chi connectivity index (χ0n) is 19.7. The van der Waals surface area contributed by atoms with Crippen LogP contribution in [0.2, 0.25) is 0 Å². The summed E-state index contributed by atoms with van der Waals surface area (Å²) >= 11 is 0. The van der Waals surface area contributed by atoms with Crippen LogP contribution in [0.4, 0.5) is 0 Å². The highest BCUT2D eigenvalue weighted by Crippen LogP contribution is 2.20. The van der Waals surface area contributed by atoms with Gasteiger partial charge in [0, 0.05) is 6.42 Å². The lowest BCUT2D eigenvalue weighted by Gasteiger charge is -2.33. The minimum Gasteiger partial charge on any atom is -0.481 e. The van der Waals surface area contributed by atoms with Gasteiger partial charge in [0.15, 0.2) is 11.4 Å². The van der Waals surface area contributed by atoms with E-state index in [1.807, 2.05) is 21.1 Å². The van der Waals surface area contributed by atoms with Crippen LogP contribution in [0.15, 0.2) is 0 Å². The normalized spacial score (nSPS) is 14.0. The van der Waals surface area contributed by atoms with E-state index in [0.29, 0.717) is 4.48 Å². The molecule has 0 amide bonds. The Hall–Kier alpha value is -0.940. The molecule has 0 aromatic carbocycles. The molecule has 5 nitrogen and oxygen atoms in total. The first-order valence-corrected chi connectivity index (χ1v) is 11.9. The summed E-state index contributed by atoms with van der Waals surface area (Å²) in [5.41, 5.74) is -1.76. The maximum atomic E-state index is 12.5. The Kier molecular flexibility index (Phi) is 15.3. The zero-order chi connectivity index (χ0) is 22.2. The quantitative estimate of drug-likeness (QED) is 0.208. The Bertz CT molecular complexity index is 445. The highest BCUT2D eigenvalue weighted by Gasteiger charge is 2.42. The number of aliphatic hydroxyl groups is 1. The second kappa shape index (κ2) is 15.8. The van der Waals surface area contributed by atoms with Crippen molar-refractivity contribution in [2.24, 2.45) is 0 Å². The molecule has 0 heterocycles. The predicted molar refractivity (Wildman–Crippen MR) is 120 cm³/mol. The number of carboxylic acids is 1. The third kappa shape index (κ3) is 16.5. The number of unbranched alkanes of at least 4 members (excludes halogenated alkanes) is 13. The smallest absolute Gasteiger partial charge is 0.306 e. The number of nitrogens with zero attached hydrogens (tertiary/aromatic N) is 1. The van der Waals surface area contributed by atoms with Crippen molar-refractivity contribution in [1.82, 2.24) is 0 Å². The number of likely N-dealkylation sites (N-methyl/N-ethyl adjacent to an activating group) is 1. The van der Waals surface area contributed by atoms with Gasteiger partial charge in [-0.15, -0.1) is 0 Å². The van der Waals surface area contributed by atoms with E-state index in [4.69, 9.17) is 5.11 Å². The van der Waals surface area contributed by atoms with Crippen LogP contribution in [0.1, 0.15) is 110 Å². The second-order valence-corrected chi connectivity index (χ2v) is 9.82. The minimum atomic E-state index is -1.76. The lowest BCUT2D eigenvalue weighted by molar-refractivity contribution is -0.875. The Morgan fingerprint density at radius 3 is 1.45 bits per heavy atom. The number of ketones is 1. The van der Waals surface area contributed by atoms with E-state index in [0.717, 1.165) is 19.3 Å². The fourth-order valence-electron chi connectivity index (χ4n) is 3.99. The Morgan fingerprint density at radius 2 is 1.10 bits per heavy atom. The van der Waals surface area contributed by atoms with E-state index in [1.165, 1.54) is 70.6 Å². The Labute approximate surface area is 179 Å². The zero-order valence-corrected chi connectivity index (χ0v) is 19.7. The topological polar surface area (TPSA) is 74.6 Å². The molecule has 0 saturated carbocycles. The molecule has 29 heavy (non-hydrogen) atoms. The molecule has 0 bridgehead atoms. The van der Waals surface area contributed by atoms with E-state index < -0.39 is 18.0 Å². The fraction of sp³-hybridized carbons (Fsp3) is 0.917. The van der Waals surface area contributed by atoms with E-state index in [2.05, 4.69) is 6.92 Å². The number of carboxylic acid groups (broad SMARTS) is 1. The van der Waals surface area contributed by atoms with Gasteiger partial charge in [0.25, 0.3) is 0 Å². The standard InChI is InChI=1S/C24H47NO4/c1-5-6-7-8-9-10-11-12-13-14-15-16-17-18-19-22(26)24(29,20-23(27)28)21-25(2,3)4/h29H,5-21H2,1-4H3/p+1. The number of carbonyl (C=O) groups is 2. The van der Waals surface area contributed by atoms with Crippen LogP contribution in [0.25, 0.3) is 0 Å². The molecule has 0 aliphatic rings. The first-order valence-electron chi connectivity index (χ1n) is 11.9. The molecule has 1 unspecified atom stereocenters. The van der Waals surface area contributed by atoms with Crippen LogP contribution in [-0.4, -0.2) is 59.7 Å². The third-order valence-electron chi connectivity index (χ3n) is 5.46. The fourth-order valence-corrected chi connectivity index (χ4v) is 3.99. The molecule has 1 atom stereocenters. The van der Waals surface area contributed by atoms with Crippen LogP contribution >= 0.6 is 0 Å². The molecule has 0 aromatic heterocycles. The van der Waals surface area contributed by atoms with Crippen molar-refractivity contribution >= 4 is 11.8 Å².